The second-order valence-electron chi connectivity index (χ2n) is 4.71. The summed E-state index contributed by atoms with van der Waals surface area (Å²) in [5.41, 5.74) is 1.30. The zero-order valence-corrected chi connectivity index (χ0v) is 11.1. The Labute approximate surface area is 106 Å². The minimum atomic E-state index is -0.0896. The molecule has 0 radical (unpaired) electrons. The van der Waals surface area contributed by atoms with Gasteiger partial charge in [-0.3, -0.25) is 4.79 Å². The molecule has 1 aromatic heterocycles. The second-order valence-corrected chi connectivity index (χ2v) is 5.66. The molecule has 1 fully saturated rings. The Morgan fingerprint density at radius 2 is 2.47 bits per heavy atom. The van der Waals surface area contributed by atoms with Gasteiger partial charge in [-0.05, 0) is 36.8 Å². The van der Waals surface area contributed by atoms with Crippen molar-refractivity contribution < 1.29 is 9.90 Å². The lowest BCUT2D eigenvalue weighted by atomic mass is 10.1. The van der Waals surface area contributed by atoms with E-state index >= 15 is 0 Å². The van der Waals surface area contributed by atoms with E-state index in [0.29, 0.717) is 5.92 Å². The molecule has 2 N–H and O–H groups in total. The van der Waals surface area contributed by atoms with Crippen LogP contribution in [0.4, 0.5) is 0 Å². The Morgan fingerprint density at radius 3 is 3.00 bits per heavy atom. The van der Waals surface area contributed by atoms with E-state index in [9.17, 15) is 4.79 Å². The highest BCUT2D eigenvalue weighted by atomic mass is 32.1. The molecule has 3 nitrogen and oxygen atoms in total. The fourth-order valence-corrected chi connectivity index (χ4v) is 3.23. The molecule has 0 bridgehead atoms. The summed E-state index contributed by atoms with van der Waals surface area (Å²) in [6.45, 7) is 4.09. The van der Waals surface area contributed by atoms with Crippen LogP contribution in [0.1, 0.15) is 36.1 Å². The molecule has 1 aliphatic carbocycles. The molecular weight excluding hydrogens is 234 g/mol. The van der Waals surface area contributed by atoms with Crippen LogP contribution in [0.3, 0.4) is 0 Å². The maximum atomic E-state index is 11.9. The van der Waals surface area contributed by atoms with Crippen LogP contribution >= 0.6 is 11.3 Å². The molecule has 0 spiro atoms. The first-order chi connectivity index (χ1) is 8.17. The van der Waals surface area contributed by atoms with Crippen LogP contribution in [0.5, 0.6) is 0 Å². The molecule has 1 heterocycles. The van der Waals surface area contributed by atoms with E-state index in [1.165, 1.54) is 10.4 Å². The van der Waals surface area contributed by atoms with Crippen LogP contribution in [0.2, 0.25) is 0 Å². The van der Waals surface area contributed by atoms with Crippen molar-refractivity contribution in [2.24, 2.45) is 5.92 Å². The minimum Gasteiger partial charge on any atom is -0.394 e. The second kappa shape index (κ2) is 5.19. The Balaban J connectivity index is 1.90. The summed E-state index contributed by atoms with van der Waals surface area (Å²) in [5, 5.41) is 14.0. The van der Waals surface area contributed by atoms with Gasteiger partial charge in [-0.25, -0.2) is 0 Å². The first-order valence-electron chi connectivity index (χ1n) is 6.12. The predicted molar refractivity (Wildman–Crippen MR) is 69.2 cm³/mol. The monoisotopic (exact) mass is 253 g/mol. The lowest BCUT2D eigenvalue weighted by molar-refractivity contribution is -0.123. The van der Waals surface area contributed by atoms with Crippen molar-refractivity contribution >= 4 is 17.2 Å². The van der Waals surface area contributed by atoms with E-state index in [1.54, 1.807) is 11.3 Å². The highest BCUT2D eigenvalue weighted by Crippen LogP contribution is 2.50. The van der Waals surface area contributed by atoms with Gasteiger partial charge in [0.1, 0.15) is 0 Å². The van der Waals surface area contributed by atoms with Gasteiger partial charge in [0.2, 0.25) is 5.91 Å². The summed E-state index contributed by atoms with van der Waals surface area (Å²) in [6, 6.07) is 2.02. The van der Waals surface area contributed by atoms with Crippen molar-refractivity contribution in [1.82, 2.24) is 5.32 Å². The highest BCUT2D eigenvalue weighted by molar-refractivity contribution is 7.10. The van der Waals surface area contributed by atoms with Crippen LogP contribution in [-0.2, 0) is 4.79 Å². The van der Waals surface area contributed by atoms with Gasteiger partial charge >= 0.3 is 0 Å². The minimum absolute atomic E-state index is 0.0255. The highest BCUT2D eigenvalue weighted by Gasteiger charge is 2.45. The van der Waals surface area contributed by atoms with Crippen molar-refractivity contribution in [2.75, 3.05) is 6.61 Å². The number of aliphatic hydroxyl groups excluding tert-OH is 1. The number of nitrogens with one attached hydrogen (secondary N) is 1. The number of hydrogen-bond donors (Lipinski definition) is 2. The van der Waals surface area contributed by atoms with Gasteiger partial charge in [0.15, 0.2) is 0 Å². The topological polar surface area (TPSA) is 49.3 Å². The van der Waals surface area contributed by atoms with Crippen molar-refractivity contribution in [2.45, 2.75) is 38.6 Å². The first kappa shape index (κ1) is 12.6. The Hall–Kier alpha value is -0.870. The van der Waals surface area contributed by atoms with E-state index in [4.69, 9.17) is 5.11 Å². The van der Waals surface area contributed by atoms with Gasteiger partial charge in [-0.1, -0.05) is 6.92 Å². The fraction of sp³-hybridized carbons (Fsp3) is 0.615. The molecule has 0 aromatic carbocycles. The maximum Gasteiger partial charge on any atom is 0.224 e. The lowest BCUT2D eigenvalue weighted by Gasteiger charge is -2.13. The van der Waals surface area contributed by atoms with Gasteiger partial charge in [0.05, 0.1) is 12.6 Å². The molecule has 3 atom stereocenters. The molecule has 1 aliphatic rings. The van der Waals surface area contributed by atoms with Gasteiger partial charge < -0.3 is 10.4 Å². The zero-order chi connectivity index (χ0) is 12.4. The van der Waals surface area contributed by atoms with E-state index in [-0.39, 0.29) is 24.5 Å². The summed E-state index contributed by atoms with van der Waals surface area (Å²) in [7, 11) is 0. The van der Waals surface area contributed by atoms with Crippen LogP contribution in [0.15, 0.2) is 11.4 Å². The maximum absolute atomic E-state index is 11.9. The SMILES string of the molecule is CCC(CO)NC(=O)C1CC1c1sccc1C. The standard InChI is InChI=1S/C13H19NO2S/c1-3-9(7-15)14-13(16)11-6-10(11)12-8(2)4-5-17-12/h4-5,9-11,15H,3,6-7H2,1-2H3,(H,14,16). The number of hydrogen-bond acceptors (Lipinski definition) is 3. The number of thiophene rings is 1. The Kier molecular flexibility index (Phi) is 3.84. The molecule has 94 valence electrons. The van der Waals surface area contributed by atoms with E-state index in [0.717, 1.165) is 12.8 Å². The number of aryl methyl sites for hydroxylation is 1. The van der Waals surface area contributed by atoms with E-state index in [2.05, 4.69) is 23.7 Å². The van der Waals surface area contributed by atoms with Crippen molar-refractivity contribution in [1.29, 1.82) is 0 Å². The predicted octanol–water partition coefficient (Wildman–Crippen LogP) is 2.05. The summed E-state index contributed by atoms with van der Waals surface area (Å²) in [4.78, 5) is 13.3. The Bertz CT molecular complexity index is 398. The molecule has 3 unspecified atom stereocenters. The quantitative estimate of drug-likeness (QED) is 0.843. The summed E-state index contributed by atoms with van der Waals surface area (Å²) in [6.07, 6.45) is 1.73. The van der Waals surface area contributed by atoms with Gasteiger partial charge in [-0.15, -0.1) is 11.3 Å². The lowest BCUT2D eigenvalue weighted by Crippen LogP contribution is -2.38. The fourth-order valence-electron chi connectivity index (χ4n) is 2.12. The van der Waals surface area contributed by atoms with E-state index in [1.807, 2.05) is 6.92 Å². The third-order valence-electron chi connectivity index (χ3n) is 3.43. The largest absolute Gasteiger partial charge is 0.394 e. The zero-order valence-electron chi connectivity index (χ0n) is 10.3. The molecule has 1 aromatic rings. The first-order valence-corrected chi connectivity index (χ1v) is 7.00. The molecule has 1 saturated carbocycles. The van der Waals surface area contributed by atoms with Crippen molar-refractivity contribution in [3.8, 4) is 0 Å². The molecule has 0 aliphatic heterocycles. The number of amides is 1. The summed E-state index contributed by atoms with van der Waals surface area (Å²) in [5.74, 6) is 0.628. The summed E-state index contributed by atoms with van der Waals surface area (Å²) < 4.78 is 0. The number of carbonyl (C=O) groups is 1. The average molecular weight is 253 g/mol. The van der Waals surface area contributed by atoms with Gasteiger partial charge in [0.25, 0.3) is 0 Å². The molecule has 4 heteroatoms. The molecule has 17 heavy (non-hydrogen) atoms. The average Bonchev–Trinajstić information content (AvgIpc) is 3.02. The van der Waals surface area contributed by atoms with Gasteiger partial charge in [0, 0.05) is 16.7 Å². The van der Waals surface area contributed by atoms with Crippen LogP contribution < -0.4 is 5.32 Å². The van der Waals surface area contributed by atoms with Crippen LogP contribution in [0.25, 0.3) is 0 Å². The third kappa shape index (κ3) is 2.69. The molecule has 1 amide bonds. The van der Waals surface area contributed by atoms with E-state index < -0.39 is 0 Å². The normalized spacial score (nSPS) is 24.4. The summed E-state index contributed by atoms with van der Waals surface area (Å²) >= 11 is 1.74. The van der Waals surface area contributed by atoms with Crippen LogP contribution in [-0.4, -0.2) is 23.7 Å². The van der Waals surface area contributed by atoms with Crippen molar-refractivity contribution in [3.05, 3.63) is 21.9 Å². The number of aliphatic hydroxyl groups is 1. The number of rotatable bonds is 5. The molecule has 0 saturated heterocycles. The Morgan fingerprint density at radius 1 is 1.71 bits per heavy atom. The molecular formula is C13H19NO2S. The van der Waals surface area contributed by atoms with Gasteiger partial charge in [-0.2, -0.15) is 0 Å². The molecule has 2 rings (SSSR count). The third-order valence-corrected chi connectivity index (χ3v) is 4.58. The van der Waals surface area contributed by atoms with Crippen LogP contribution in [0, 0.1) is 12.8 Å². The smallest absolute Gasteiger partial charge is 0.224 e. The number of carbonyl (C=O) groups excluding carboxylic acids is 1. The van der Waals surface area contributed by atoms with Crippen molar-refractivity contribution in [3.63, 3.8) is 0 Å².